The van der Waals surface area contributed by atoms with Gasteiger partial charge in [0.25, 0.3) is 5.91 Å². The van der Waals surface area contributed by atoms with Crippen molar-refractivity contribution in [3.63, 3.8) is 0 Å². The summed E-state index contributed by atoms with van der Waals surface area (Å²) in [5, 5.41) is 2.60. The van der Waals surface area contributed by atoms with Crippen LogP contribution in [0.5, 0.6) is 11.5 Å². The molecule has 134 valence electrons. The summed E-state index contributed by atoms with van der Waals surface area (Å²) in [4.78, 5) is 39.0. The summed E-state index contributed by atoms with van der Waals surface area (Å²) in [6.07, 6.45) is 0. The molecule has 0 saturated carbocycles. The van der Waals surface area contributed by atoms with Crippen molar-refractivity contribution < 1.29 is 32.6 Å². The molecule has 2 rings (SSSR count). The number of carbonyl (C=O) groups is 3. The minimum atomic E-state index is -2.09. The number of benzene rings is 1. The molecule has 1 aliphatic rings. The lowest BCUT2D eigenvalue weighted by Crippen LogP contribution is -2.29. The van der Waals surface area contributed by atoms with Gasteiger partial charge in [0.1, 0.15) is 21.6 Å². The molecule has 1 aliphatic heterocycles. The molecule has 11 heteroatoms. The Bertz CT molecular complexity index is 744. The molecule has 0 saturated heterocycles. The first kappa shape index (κ1) is 19.1. The molecule has 0 fully saturated rings. The van der Waals surface area contributed by atoms with Gasteiger partial charge >= 0.3 is 11.9 Å². The van der Waals surface area contributed by atoms with E-state index in [1.165, 1.54) is 18.2 Å². The van der Waals surface area contributed by atoms with Crippen LogP contribution in [0.3, 0.4) is 0 Å². The van der Waals surface area contributed by atoms with Gasteiger partial charge < -0.3 is 19.3 Å². The third-order valence-corrected chi connectivity index (χ3v) is 5.04. The number of nitrogens with zero attached hydrogens (tertiary/aromatic N) is 1. The molecule has 0 bridgehead atoms. The molecule has 0 radical (unpaired) electrons. The second kappa shape index (κ2) is 8.23. The van der Waals surface area contributed by atoms with Gasteiger partial charge in [-0.1, -0.05) is 17.8 Å². The van der Waals surface area contributed by atoms with Crippen molar-refractivity contribution in [3.8, 4) is 11.5 Å². The summed E-state index contributed by atoms with van der Waals surface area (Å²) < 4.78 is 29.4. The van der Waals surface area contributed by atoms with Crippen LogP contribution in [0.2, 0.25) is 0 Å². The fraction of sp³-hybridized carbons (Fsp3) is 0.286. The van der Waals surface area contributed by atoms with Gasteiger partial charge in [-0.15, -0.1) is 0 Å². The fourth-order valence-corrected chi connectivity index (χ4v) is 3.41. The van der Waals surface area contributed by atoms with Crippen LogP contribution in [0, 0.1) is 0 Å². The SMILES string of the molecule is CC(=O)Oc1cccc(OC(C)=O)c1C(=O)NC1=NCC(S(=O)O)S1. The van der Waals surface area contributed by atoms with Gasteiger partial charge in [-0.05, 0) is 12.1 Å². The molecule has 9 nitrogen and oxygen atoms in total. The van der Waals surface area contributed by atoms with Crippen molar-refractivity contribution in [2.45, 2.75) is 18.4 Å². The molecule has 2 N–H and O–H groups in total. The summed E-state index contributed by atoms with van der Waals surface area (Å²) in [5.74, 6) is -2.22. The standard InChI is InChI=1S/C14H14N2O7S2/c1-7(17)22-9-4-3-5-10(23-8(2)18)12(9)13(19)16-14-15-6-11(24-14)25(20)21/h3-5,11H,6H2,1-2H3,(H,20,21)(H,15,16,19). The number of carbonyl (C=O) groups excluding carboxylic acids is 3. The van der Waals surface area contributed by atoms with Crippen LogP contribution in [0.15, 0.2) is 23.2 Å². The zero-order valence-electron chi connectivity index (χ0n) is 13.2. The summed E-state index contributed by atoms with van der Waals surface area (Å²) in [6, 6.07) is 4.21. The Balaban J connectivity index is 2.28. The Kier molecular flexibility index (Phi) is 6.28. The first-order valence-corrected chi connectivity index (χ1v) is 8.95. The van der Waals surface area contributed by atoms with Gasteiger partial charge in [-0.25, -0.2) is 4.21 Å². The zero-order chi connectivity index (χ0) is 18.6. The lowest BCUT2D eigenvalue weighted by atomic mass is 10.1. The maximum absolute atomic E-state index is 12.6. The van der Waals surface area contributed by atoms with Crippen LogP contribution in [0.25, 0.3) is 0 Å². The van der Waals surface area contributed by atoms with E-state index in [2.05, 4.69) is 10.3 Å². The van der Waals surface area contributed by atoms with E-state index in [4.69, 9.17) is 14.0 Å². The predicted octanol–water partition coefficient (Wildman–Crippen LogP) is 0.918. The lowest BCUT2D eigenvalue weighted by Gasteiger charge is -2.13. The molecule has 0 spiro atoms. The number of aliphatic imine (C=N–C) groups is 1. The number of rotatable bonds is 4. The normalized spacial score (nSPS) is 17.4. The van der Waals surface area contributed by atoms with Crippen molar-refractivity contribution in [2.75, 3.05) is 6.54 Å². The molecule has 2 unspecified atom stereocenters. The number of thioether (sulfide) groups is 1. The Labute approximate surface area is 149 Å². The van der Waals surface area contributed by atoms with E-state index in [1.807, 2.05) is 0 Å². The smallest absolute Gasteiger partial charge is 0.308 e. The van der Waals surface area contributed by atoms with Crippen molar-refractivity contribution in [2.24, 2.45) is 4.99 Å². The fourth-order valence-electron chi connectivity index (χ4n) is 1.90. The number of hydrogen-bond donors (Lipinski definition) is 2. The van der Waals surface area contributed by atoms with Gasteiger partial charge in [0.15, 0.2) is 16.2 Å². The molecule has 2 atom stereocenters. The van der Waals surface area contributed by atoms with E-state index >= 15 is 0 Å². The Morgan fingerprint density at radius 3 is 2.24 bits per heavy atom. The van der Waals surface area contributed by atoms with Gasteiger partial charge in [0.05, 0.1) is 6.54 Å². The monoisotopic (exact) mass is 386 g/mol. The van der Waals surface area contributed by atoms with Crippen LogP contribution in [-0.2, 0) is 20.7 Å². The highest BCUT2D eigenvalue weighted by Gasteiger charge is 2.28. The topological polar surface area (TPSA) is 131 Å². The van der Waals surface area contributed by atoms with Gasteiger partial charge in [0, 0.05) is 13.8 Å². The van der Waals surface area contributed by atoms with Crippen molar-refractivity contribution >= 4 is 45.9 Å². The maximum atomic E-state index is 12.6. The van der Waals surface area contributed by atoms with Crippen LogP contribution >= 0.6 is 11.8 Å². The van der Waals surface area contributed by atoms with E-state index in [1.54, 1.807) is 0 Å². The number of amidine groups is 1. The third-order valence-electron chi connectivity index (χ3n) is 2.79. The number of hydrogen-bond acceptors (Lipinski definition) is 8. The van der Waals surface area contributed by atoms with E-state index < -0.39 is 33.5 Å². The second-order valence-electron chi connectivity index (χ2n) is 4.74. The van der Waals surface area contributed by atoms with E-state index in [0.717, 1.165) is 25.6 Å². The highest BCUT2D eigenvalue weighted by atomic mass is 32.2. The first-order chi connectivity index (χ1) is 11.8. The molecular weight excluding hydrogens is 372 g/mol. The molecule has 0 aliphatic carbocycles. The van der Waals surface area contributed by atoms with Crippen molar-refractivity contribution in [1.82, 2.24) is 5.32 Å². The average molecular weight is 386 g/mol. The van der Waals surface area contributed by atoms with Crippen LogP contribution in [0.1, 0.15) is 24.2 Å². The zero-order valence-corrected chi connectivity index (χ0v) is 14.8. The molecule has 1 amide bonds. The molecular formula is C14H14N2O7S2. The Hall–Kier alpha value is -2.24. The largest absolute Gasteiger partial charge is 0.426 e. The van der Waals surface area contributed by atoms with Crippen LogP contribution in [0.4, 0.5) is 0 Å². The minimum absolute atomic E-state index is 0.0752. The summed E-state index contributed by atoms with van der Waals surface area (Å²) in [7, 11) is 0. The van der Waals surface area contributed by atoms with Crippen molar-refractivity contribution in [1.29, 1.82) is 0 Å². The van der Waals surface area contributed by atoms with Crippen molar-refractivity contribution in [3.05, 3.63) is 23.8 Å². The molecule has 1 aromatic carbocycles. The minimum Gasteiger partial charge on any atom is -0.426 e. The second-order valence-corrected chi connectivity index (χ2v) is 7.35. The van der Waals surface area contributed by atoms with Gasteiger partial charge in [-0.2, -0.15) is 0 Å². The highest BCUT2D eigenvalue weighted by Crippen LogP contribution is 2.30. The van der Waals surface area contributed by atoms with Crippen LogP contribution in [-0.4, -0.2) is 42.9 Å². The Morgan fingerprint density at radius 1 is 1.24 bits per heavy atom. The number of nitrogens with one attached hydrogen (secondary N) is 1. The average Bonchev–Trinajstić information content (AvgIpc) is 2.94. The quantitative estimate of drug-likeness (QED) is 0.444. The number of amides is 1. The molecule has 0 aromatic heterocycles. The summed E-state index contributed by atoms with van der Waals surface area (Å²) >= 11 is -1.15. The number of ether oxygens (including phenoxy) is 2. The van der Waals surface area contributed by atoms with Gasteiger partial charge in [0.2, 0.25) is 0 Å². The molecule has 1 heterocycles. The molecule has 1 aromatic rings. The highest BCUT2D eigenvalue weighted by molar-refractivity contribution is 8.21. The van der Waals surface area contributed by atoms with E-state index in [0.29, 0.717) is 0 Å². The summed E-state index contributed by atoms with van der Waals surface area (Å²) in [6.45, 7) is 2.41. The maximum Gasteiger partial charge on any atom is 0.308 e. The predicted molar refractivity (Wildman–Crippen MR) is 91.0 cm³/mol. The summed E-state index contributed by atoms with van der Waals surface area (Å²) in [5.41, 5.74) is -0.162. The lowest BCUT2D eigenvalue weighted by molar-refractivity contribution is -0.132. The van der Waals surface area contributed by atoms with Gasteiger partial charge in [-0.3, -0.25) is 19.4 Å². The van der Waals surface area contributed by atoms with Crippen LogP contribution < -0.4 is 14.8 Å². The van der Waals surface area contributed by atoms with E-state index in [-0.39, 0.29) is 28.8 Å². The number of esters is 2. The first-order valence-electron chi connectivity index (χ1n) is 6.90. The Morgan fingerprint density at radius 2 is 1.80 bits per heavy atom. The van der Waals surface area contributed by atoms with E-state index in [9.17, 15) is 18.6 Å². The molecule has 25 heavy (non-hydrogen) atoms. The third kappa shape index (κ3) is 5.11.